The number of ether oxygens (including phenoxy) is 2. The maximum atomic E-state index is 13.3. The predicted molar refractivity (Wildman–Crippen MR) is 131 cm³/mol. The molecule has 0 radical (unpaired) electrons. The topological polar surface area (TPSA) is 71.0 Å². The van der Waals surface area contributed by atoms with Gasteiger partial charge in [0.2, 0.25) is 12.7 Å². The highest BCUT2D eigenvalue weighted by molar-refractivity contribution is 6.02. The van der Waals surface area contributed by atoms with E-state index in [9.17, 15) is 9.90 Å². The maximum absolute atomic E-state index is 13.3. The SMILES string of the molecule is O=C(CN1CC[C@]2(O)CCCC[C@@H]2[C@H]1c1ccc2c(c1)OCO2)Nc1cccc2ccccc12. The minimum absolute atomic E-state index is 0.0386. The van der Waals surface area contributed by atoms with E-state index >= 15 is 0 Å². The van der Waals surface area contributed by atoms with Crippen molar-refractivity contribution in [2.45, 2.75) is 43.7 Å². The Morgan fingerprint density at radius 2 is 1.88 bits per heavy atom. The van der Waals surface area contributed by atoms with E-state index in [0.29, 0.717) is 13.0 Å². The lowest BCUT2D eigenvalue weighted by atomic mass is 9.66. The summed E-state index contributed by atoms with van der Waals surface area (Å²) in [4.78, 5) is 15.5. The van der Waals surface area contributed by atoms with Crippen molar-refractivity contribution >= 4 is 22.4 Å². The molecule has 3 aliphatic rings. The van der Waals surface area contributed by atoms with Crippen molar-refractivity contribution in [3.63, 3.8) is 0 Å². The molecule has 1 aliphatic carbocycles. The average molecular weight is 459 g/mol. The Morgan fingerprint density at radius 3 is 2.82 bits per heavy atom. The minimum Gasteiger partial charge on any atom is -0.454 e. The summed E-state index contributed by atoms with van der Waals surface area (Å²) in [5, 5.41) is 16.8. The second-order valence-corrected chi connectivity index (χ2v) is 9.81. The molecule has 1 saturated carbocycles. The van der Waals surface area contributed by atoms with Crippen LogP contribution in [0.25, 0.3) is 10.8 Å². The molecule has 2 N–H and O–H groups in total. The third-order valence-electron chi connectivity index (χ3n) is 7.82. The van der Waals surface area contributed by atoms with Gasteiger partial charge in [-0.05, 0) is 48.4 Å². The van der Waals surface area contributed by atoms with Crippen molar-refractivity contribution in [3.8, 4) is 11.5 Å². The number of fused-ring (bicyclic) bond motifs is 3. The number of amides is 1. The van der Waals surface area contributed by atoms with Crippen LogP contribution in [-0.2, 0) is 4.79 Å². The van der Waals surface area contributed by atoms with E-state index < -0.39 is 5.60 Å². The summed E-state index contributed by atoms with van der Waals surface area (Å²) in [6.45, 7) is 1.18. The quantitative estimate of drug-likeness (QED) is 0.583. The Morgan fingerprint density at radius 1 is 1.03 bits per heavy atom. The number of anilines is 1. The fourth-order valence-electron chi connectivity index (χ4n) is 6.17. The van der Waals surface area contributed by atoms with Crippen molar-refractivity contribution in [2.24, 2.45) is 5.92 Å². The van der Waals surface area contributed by atoms with Gasteiger partial charge in [-0.3, -0.25) is 9.69 Å². The van der Waals surface area contributed by atoms with Gasteiger partial charge >= 0.3 is 0 Å². The lowest BCUT2D eigenvalue weighted by Gasteiger charge is -2.52. The van der Waals surface area contributed by atoms with Gasteiger partial charge in [0.1, 0.15) is 0 Å². The number of carbonyl (C=O) groups is 1. The van der Waals surface area contributed by atoms with Gasteiger partial charge in [-0.2, -0.15) is 0 Å². The number of nitrogens with one attached hydrogen (secondary N) is 1. The molecule has 3 aromatic carbocycles. The number of likely N-dealkylation sites (tertiary alicyclic amines) is 1. The molecule has 0 bridgehead atoms. The lowest BCUT2D eigenvalue weighted by molar-refractivity contribution is -0.135. The number of benzene rings is 3. The summed E-state index contributed by atoms with van der Waals surface area (Å²) >= 11 is 0. The number of rotatable bonds is 4. The van der Waals surface area contributed by atoms with E-state index in [1.54, 1.807) is 0 Å². The van der Waals surface area contributed by atoms with Crippen molar-refractivity contribution in [3.05, 3.63) is 66.2 Å². The summed E-state index contributed by atoms with van der Waals surface area (Å²) < 4.78 is 11.2. The lowest BCUT2D eigenvalue weighted by Crippen LogP contribution is -2.56. The fourth-order valence-corrected chi connectivity index (χ4v) is 6.17. The Kier molecular flexibility index (Phi) is 5.42. The molecule has 2 aliphatic heterocycles. The van der Waals surface area contributed by atoms with Gasteiger partial charge in [-0.15, -0.1) is 0 Å². The Hall–Kier alpha value is -3.09. The molecule has 6 heteroatoms. The zero-order valence-electron chi connectivity index (χ0n) is 19.2. The summed E-state index contributed by atoms with van der Waals surface area (Å²) in [7, 11) is 0. The summed E-state index contributed by atoms with van der Waals surface area (Å²) in [5.74, 6) is 1.53. The third-order valence-corrected chi connectivity index (χ3v) is 7.82. The maximum Gasteiger partial charge on any atom is 0.238 e. The van der Waals surface area contributed by atoms with E-state index in [0.717, 1.165) is 59.2 Å². The fraction of sp³-hybridized carbons (Fsp3) is 0.393. The first-order valence-electron chi connectivity index (χ1n) is 12.2. The molecule has 0 unspecified atom stereocenters. The second kappa shape index (κ2) is 8.60. The van der Waals surface area contributed by atoms with Crippen LogP contribution in [0, 0.1) is 5.92 Å². The largest absolute Gasteiger partial charge is 0.454 e. The van der Waals surface area contributed by atoms with Crippen LogP contribution in [0.3, 0.4) is 0 Å². The van der Waals surface area contributed by atoms with Crippen LogP contribution in [0.1, 0.15) is 43.7 Å². The smallest absolute Gasteiger partial charge is 0.238 e. The summed E-state index contributed by atoms with van der Waals surface area (Å²) in [5.41, 5.74) is 1.23. The van der Waals surface area contributed by atoms with Crippen LogP contribution in [0.5, 0.6) is 11.5 Å². The molecule has 1 amide bonds. The molecule has 2 heterocycles. The second-order valence-electron chi connectivity index (χ2n) is 9.81. The first kappa shape index (κ1) is 21.4. The number of aliphatic hydroxyl groups is 1. The molecule has 2 fully saturated rings. The van der Waals surface area contributed by atoms with Gasteiger partial charge in [0.25, 0.3) is 0 Å². The number of piperidine rings is 1. The highest BCUT2D eigenvalue weighted by Crippen LogP contribution is 2.50. The standard InChI is InChI=1S/C28H30N2O4/c31-26(29-23-10-5-7-19-6-1-2-8-21(19)23)17-30-15-14-28(32)13-4-3-9-22(28)27(30)20-11-12-24-25(16-20)34-18-33-24/h1-2,5-8,10-12,16,22,27,32H,3-4,9,13-15,17-18H2,(H,29,31)/t22-,27-,28-/m1/s1. The van der Waals surface area contributed by atoms with Crippen LogP contribution in [0.2, 0.25) is 0 Å². The number of nitrogens with zero attached hydrogens (tertiary/aromatic N) is 1. The Balaban J connectivity index is 1.29. The van der Waals surface area contributed by atoms with Crippen LogP contribution in [0.15, 0.2) is 60.7 Å². The molecule has 6 rings (SSSR count). The van der Waals surface area contributed by atoms with E-state index in [1.165, 1.54) is 0 Å². The van der Waals surface area contributed by atoms with Crippen molar-refractivity contribution in [2.75, 3.05) is 25.2 Å². The number of hydrogen-bond acceptors (Lipinski definition) is 5. The molecule has 176 valence electrons. The molecular weight excluding hydrogens is 428 g/mol. The normalized spacial score (nSPS) is 26.3. The zero-order chi connectivity index (χ0) is 23.1. The van der Waals surface area contributed by atoms with Crippen LogP contribution in [-0.4, -0.2) is 41.4 Å². The van der Waals surface area contributed by atoms with Gasteiger partial charge in [0.15, 0.2) is 11.5 Å². The highest BCUT2D eigenvalue weighted by atomic mass is 16.7. The molecule has 3 atom stereocenters. The molecule has 0 spiro atoms. The molecule has 3 aromatic rings. The zero-order valence-corrected chi connectivity index (χ0v) is 19.2. The van der Waals surface area contributed by atoms with Gasteiger partial charge in [0, 0.05) is 29.6 Å². The molecule has 1 saturated heterocycles. The van der Waals surface area contributed by atoms with E-state index in [-0.39, 0.29) is 31.2 Å². The highest BCUT2D eigenvalue weighted by Gasteiger charge is 2.49. The minimum atomic E-state index is -0.679. The predicted octanol–water partition coefficient (Wildman–Crippen LogP) is 4.88. The van der Waals surface area contributed by atoms with E-state index in [1.807, 2.05) is 42.5 Å². The summed E-state index contributed by atoms with van der Waals surface area (Å²) in [6, 6.07) is 20.0. The van der Waals surface area contributed by atoms with Crippen molar-refractivity contribution in [1.82, 2.24) is 4.90 Å². The van der Waals surface area contributed by atoms with Gasteiger partial charge < -0.3 is 19.9 Å². The molecule has 34 heavy (non-hydrogen) atoms. The Labute approximate surface area is 199 Å². The van der Waals surface area contributed by atoms with Crippen LogP contribution < -0.4 is 14.8 Å². The van der Waals surface area contributed by atoms with Crippen LogP contribution >= 0.6 is 0 Å². The Bertz CT molecular complexity index is 1220. The summed E-state index contributed by atoms with van der Waals surface area (Å²) in [6.07, 6.45) is 4.64. The molecule has 0 aromatic heterocycles. The molecular formula is C28H30N2O4. The van der Waals surface area contributed by atoms with Gasteiger partial charge in [0.05, 0.1) is 12.1 Å². The van der Waals surface area contributed by atoms with Crippen LogP contribution in [0.4, 0.5) is 5.69 Å². The van der Waals surface area contributed by atoms with Crippen molar-refractivity contribution < 1.29 is 19.4 Å². The molecule has 6 nitrogen and oxygen atoms in total. The first-order valence-corrected chi connectivity index (χ1v) is 12.2. The average Bonchev–Trinajstić information content (AvgIpc) is 3.32. The van der Waals surface area contributed by atoms with Gasteiger partial charge in [-0.1, -0.05) is 55.3 Å². The van der Waals surface area contributed by atoms with Crippen molar-refractivity contribution in [1.29, 1.82) is 0 Å². The number of hydrogen-bond donors (Lipinski definition) is 2. The van der Waals surface area contributed by atoms with E-state index in [4.69, 9.17) is 9.47 Å². The third kappa shape index (κ3) is 3.81. The first-order chi connectivity index (χ1) is 16.6. The van der Waals surface area contributed by atoms with Gasteiger partial charge in [-0.25, -0.2) is 0 Å². The monoisotopic (exact) mass is 458 g/mol. The number of carbonyl (C=O) groups excluding carboxylic acids is 1. The van der Waals surface area contributed by atoms with E-state index in [2.05, 4.69) is 28.4 Å².